The SMILES string of the molecule is O=C(Nc1nc2c(C(=O)NCc3ccc(O)cc3)cccc2[nH]1)c1cc2ccccc2cn1. The molecule has 0 saturated carbocycles. The molecule has 2 amide bonds. The normalized spacial score (nSPS) is 10.9. The molecular weight excluding hydrogens is 418 g/mol. The number of phenolic OH excluding ortho intramolecular Hbond substituents is 1. The first-order valence-corrected chi connectivity index (χ1v) is 10.3. The van der Waals surface area contributed by atoms with Crippen LogP contribution in [0.25, 0.3) is 21.8 Å². The van der Waals surface area contributed by atoms with Gasteiger partial charge in [0, 0.05) is 18.1 Å². The number of pyridine rings is 1. The number of carbonyl (C=O) groups is 2. The third kappa shape index (κ3) is 4.22. The Kier molecular flexibility index (Phi) is 5.16. The maximum atomic E-state index is 12.8. The van der Waals surface area contributed by atoms with Crippen LogP contribution in [-0.4, -0.2) is 31.9 Å². The lowest BCUT2D eigenvalue weighted by Gasteiger charge is -2.06. The number of nitrogens with one attached hydrogen (secondary N) is 3. The van der Waals surface area contributed by atoms with E-state index >= 15 is 0 Å². The van der Waals surface area contributed by atoms with Crippen molar-refractivity contribution in [2.24, 2.45) is 0 Å². The molecule has 0 atom stereocenters. The number of fused-ring (bicyclic) bond motifs is 2. The van der Waals surface area contributed by atoms with Gasteiger partial charge in [-0.05, 0) is 41.3 Å². The monoisotopic (exact) mass is 437 g/mol. The molecular formula is C25H19N5O3. The minimum atomic E-state index is -0.404. The summed E-state index contributed by atoms with van der Waals surface area (Å²) in [5.74, 6) is -0.309. The summed E-state index contributed by atoms with van der Waals surface area (Å²) in [6.07, 6.45) is 1.65. The fourth-order valence-corrected chi connectivity index (χ4v) is 3.55. The summed E-state index contributed by atoms with van der Waals surface area (Å²) >= 11 is 0. The lowest BCUT2D eigenvalue weighted by molar-refractivity contribution is 0.0951. The molecule has 0 fully saturated rings. The van der Waals surface area contributed by atoms with Crippen molar-refractivity contribution in [1.29, 1.82) is 0 Å². The summed E-state index contributed by atoms with van der Waals surface area (Å²) in [6, 6.07) is 21.2. The van der Waals surface area contributed by atoms with Crippen LogP contribution in [0.3, 0.4) is 0 Å². The predicted octanol–water partition coefficient (Wildman–Crippen LogP) is 4.00. The Labute approximate surface area is 188 Å². The summed E-state index contributed by atoms with van der Waals surface area (Å²) in [5, 5.41) is 16.8. The number of hydrogen-bond donors (Lipinski definition) is 4. The summed E-state index contributed by atoms with van der Waals surface area (Å²) in [6.45, 7) is 0.303. The highest BCUT2D eigenvalue weighted by atomic mass is 16.3. The second kappa shape index (κ2) is 8.43. The lowest BCUT2D eigenvalue weighted by Crippen LogP contribution is -2.23. The lowest BCUT2D eigenvalue weighted by atomic mass is 10.1. The number of carbonyl (C=O) groups excluding carboxylic acids is 2. The van der Waals surface area contributed by atoms with Crippen molar-refractivity contribution < 1.29 is 14.7 Å². The standard InChI is InChI=1S/C25H19N5O3/c31-18-10-8-15(9-11-18)13-27-23(32)19-6-3-7-20-22(19)29-25(28-20)30-24(33)21-12-16-4-1-2-5-17(16)14-26-21/h1-12,14,31H,13H2,(H,27,32)(H2,28,29,30,33). The third-order valence-corrected chi connectivity index (χ3v) is 5.24. The van der Waals surface area contributed by atoms with E-state index in [9.17, 15) is 14.7 Å². The number of hydrogen-bond acceptors (Lipinski definition) is 5. The highest BCUT2D eigenvalue weighted by Crippen LogP contribution is 2.20. The zero-order valence-electron chi connectivity index (χ0n) is 17.4. The van der Waals surface area contributed by atoms with Crippen molar-refractivity contribution >= 4 is 39.6 Å². The van der Waals surface area contributed by atoms with Crippen LogP contribution >= 0.6 is 0 Å². The maximum absolute atomic E-state index is 12.8. The van der Waals surface area contributed by atoms with Gasteiger partial charge in [0.05, 0.1) is 11.1 Å². The van der Waals surface area contributed by atoms with E-state index < -0.39 is 5.91 Å². The Morgan fingerprint density at radius 1 is 0.909 bits per heavy atom. The van der Waals surface area contributed by atoms with Crippen molar-refractivity contribution in [3.8, 4) is 5.75 Å². The quantitative estimate of drug-likeness (QED) is 0.331. The molecule has 2 heterocycles. The molecule has 0 unspecified atom stereocenters. The minimum Gasteiger partial charge on any atom is -0.508 e. The number of aromatic amines is 1. The van der Waals surface area contributed by atoms with Crippen LogP contribution in [0.5, 0.6) is 5.75 Å². The molecule has 0 aliphatic heterocycles. The molecule has 0 aliphatic rings. The molecule has 0 aliphatic carbocycles. The largest absolute Gasteiger partial charge is 0.508 e. The van der Waals surface area contributed by atoms with Crippen molar-refractivity contribution in [3.63, 3.8) is 0 Å². The molecule has 5 aromatic rings. The molecule has 5 rings (SSSR count). The number of rotatable bonds is 5. The van der Waals surface area contributed by atoms with Crippen LogP contribution in [-0.2, 0) is 6.54 Å². The van der Waals surface area contributed by atoms with Gasteiger partial charge in [0.2, 0.25) is 5.95 Å². The van der Waals surface area contributed by atoms with E-state index in [4.69, 9.17) is 0 Å². The van der Waals surface area contributed by atoms with Gasteiger partial charge in [0.1, 0.15) is 17.0 Å². The first-order chi connectivity index (χ1) is 16.1. The van der Waals surface area contributed by atoms with Crippen LogP contribution < -0.4 is 10.6 Å². The van der Waals surface area contributed by atoms with Gasteiger partial charge in [0.25, 0.3) is 11.8 Å². The van der Waals surface area contributed by atoms with Crippen molar-refractivity contribution in [1.82, 2.24) is 20.3 Å². The molecule has 8 heteroatoms. The minimum absolute atomic E-state index is 0.167. The second-order valence-electron chi connectivity index (χ2n) is 7.51. The molecule has 0 saturated heterocycles. The van der Waals surface area contributed by atoms with Gasteiger partial charge in [0.15, 0.2) is 0 Å². The molecule has 0 bridgehead atoms. The van der Waals surface area contributed by atoms with E-state index in [-0.39, 0.29) is 23.3 Å². The van der Waals surface area contributed by atoms with E-state index in [1.54, 1.807) is 54.7 Å². The Bertz CT molecular complexity index is 1490. The van der Waals surface area contributed by atoms with Gasteiger partial charge < -0.3 is 15.4 Å². The first kappa shape index (κ1) is 20.2. The van der Waals surface area contributed by atoms with E-state index in [2.05, 4.69) is 25.6 Å². The van der Waals surface area contributed by atoms with E-state index in [1.165, 1.54) is 0 Å². The van der Waals surface area contributed by atoms with Gasteiger partial charge in [-0.15, -0.1) is 0 Å². The van der Waals surface area contributed by atoms with Crippen molar-refractivity contribution in [3.05, 3.63) is 95.8 Å². The molecule has 8 nitrogen and oxygen atoms in total. The van der Waals surface area contributed by atoms with Gasteiger partial charge in [-0.25, -0.2) is 4.98 Å². The number of H-pyrrole nitrogens is 1. The van der Waals surface area contributed by atoms with Gasteiger partial charge in [-0.2, -0.15) is 0 Å². The zero-order valence-corrected chi connectivity index (χ0v) is 17.4. The maximum Gasteiger partial charge on any atom is 0.276 e. The Balaban J connectivity index is 1.34. The third-order valence-electron chi connectivity index (χ3n) is 5.24. The zero-order chi connectivity index (χ0) is 22.8. The van der Waals surface area contributed by atoms with E-state index in [0.29, 0.717) is 23.1 Å². The predicted molar refractivity (Wildman–Crippen MR) is 125 cm³/mol. The molecule has 33 heavy (non-hydrogen) atoms. The number of benzene rings is 3. The summed E-state index contributed by atoms with van der Waals surface area (Å²) in [7, 11) is 0. The number of imidazole rings is 1. The highest BCUT2D eigenvalue weighted by Gasteiger charge is 2.16. The average molecular weight is 437 g/mol. The molecule has 2 aromatic heterocycles. The average Bonchev–Trinajstić information content (AvgIpc) is 3.25. The summed E-state index contributed by atoms with van der Waals surface area (Å²) in [5.41, 5.74) is 2.57. The van der Waals surface area contributed by atoms with Gasteiger partial charge >= 0.3 is 0 Å². The number of anilines is 1. The summed E-state index contributed by atoms with van der Waals surface area (Å²) in [4.78, 5) is 37.1. The highest BCUT2D eigenvalue weighted by molar-refractivity contribution is 6.07. The molecule has 4 N–H and O–H groups in total. The number of phenols is 1. The van der Waals surface area contributed by atoms with Crippen LogP contribution in [0.1, 0.15) is 26.4 Å². The van der Waals surface area contributed by atoms with Crippen molar-refractivity contribution in [2.45, 2.75) is 6.54 Å². The Morgan fingerprint density at radius 3 is 2.52 bits per heavy atom. The Hall–Kier alpha value is -4.72. The topological polar surface area (TPSA) is 120 Å². The first-order valence-electron chi connectivity index (χ1n) is 10.3. The molecule has 162 valence electrons. The number of aromatic hydroxyl groups is 1. The van der Waals surface area contributed by atoms with Crippen molar-refractivity contribution in [2.75, 3.05) is 5.32 Å². The fourth-order valence-electron chi connectivity index (χ4n) is 3.55. The van der Waals surface area contributed by atoms with Crippen LogP contribution in [0.15, 0.2) is 79.0 Å². The van der Waals surface area contributed by atoms with E-state index in [1.807, 2.05) is 24.3 Å². The number of amides is 2. The van der Waals surface area contributed by atoms with Crippen LogP contribution in [0.2, 0.25) is 0 Å². The summed E-state index contributed by atoms with van der Waals surface area (Å²) < 4.78 is 0. The molecule has 0 spiro atoms. The number of nitrogens with zero attached hydrogens (tertiary/aromatic N) is 2. The smallest absolute Gasteiger partial charge is 0.276 e. The Morgan fingerprint density at radius 2 is 1.70 bits per heavy atom. The van der Waals surface area contributed by atoms with Crippen LogP contribution in [0, 0.1) is 0 Å². The molecule has 0 radical (unpaired) electrons. The van der Waals surface area contributed by atoms with Crippen LogP contribution in [0.4, 0.5) is 5.95 Å². The second-order valence-corrected chi connectivity index (χ2v) is 7.51. The van der Waals surface area contributed by atoms with Gasteiger partial charge in [-0.1, -0.05) is 42.5 Å². The molecule has 3 aromatic carbocycles. The number of aromatic nitrogens is 3. The number of para-hydroxylation sites is 1. The van der Waals surface area contributed by atoms with Gasteiger partial charge in [-0.3, -0.25) is 19.9 Å². The van der Waals surface area contributed by atoms with E-state index in [0.717, 1.165) is 16.3 Å². The fraction of sp³-hybridized carbons (Fsp3) is 0.0400.